The fourth-order valence-electron chi connectivity index (χ4n) is 4.76. The van der Waals surface area contributed by atoms with Gasteiger partial charge in [0.1, 0.15) is 11.6 Å². The van der Waals surface area contributed by atoms with Crippen LogP contribution < -0.4 is 10.1 Å². The molecular formula is C27H32FNO3. The maximum atomic E-state index is 13.8. The Morgan fingerprint density at radius 1 is 1.16 bits per heavy atom. The van der Waals surface area contributed by atoms with Crippen molar-refractivity contribution in [2.24, 2.45) is 0 Å². The number of amides is 1. The third-order valence-electron chi connectivity index (χ3n) is 6.55. The molecule has 1 atom stereocenters. The van der Waals surface area contributed by atoms with E-state index in [1.54, 1.807) is 13.2 Å². The Morgan fingerprint density at radius 3 is 2.69 bits per heavy atom. The molecule has 170 valence electrons. The van der Waals surface area contributed by atoms with Crippen LogP contribution in [-0.4, -0.2) is 31.8 Å². The van der Waals surface area contributed by atoms with E-state index >= 15 is 0 Å². The van der Waals surface area contributed by atoms with Gasteiger partial charge in [-0.25, -0.2) is 4.39 Å². The predicted molar refractivity (Wildman–Crippen MR) is 124 cm³/mol. The van der Waals surface area contributed by atoms with Crippen LogP contribution in [0.3, 0.4) is 0 Å². The Kier molecular flexibility index (Phi) is 7.26. The van der Waals surface area contributed by atoms with E-state index in [-0.39, 0.29) is 11.7 Å². The number of allylic oxidation sites excluding steroid dienone is 1. The van der Waals surface area contributed by atoms with Crippen molar-refractivity contribution in [1.82, 2.24) is 5.32 Å². The molecule has 4 nitrogen and oxygen atoms in total. The topological polar surface area (TPSA) is 47.6 Å². The highest BCUT2D eigenvalue weighted by molar-refractivity contribution is 5.86. The van der Waals surface area contributed by atoms with Crippen LogP contribution in [0.25, 0.3) is 11.1 Å². The summed E-state index contributed by atoms with van der Waals surface area (Å²) in [4.78, 5) is 13.1. The fraction of sp³-hybridized carbons (Fsp3) is 0.444. The third-order valence-corrected chi connectivity index (χ3v) is 6.55. The number of rotatable bonds is 8. The minimum atomic E-state index is -0.807. The van der Waals surface area contributed by atoms with E-state index in [2.05, 4.69) is 11.4 Å². The Morgan fingerprint density at radius 2 is 2.00 bits per heavy atom. The summed E-state index contributed by atoms with van der Waals surface area (Å²) in [6.45, 7) is 1.27. The monoisotopic (exact) mass is 437 g/mol. The van der Waals surface area contributed by atoms with Gasteiger partial charge in [-0.15, -0.1) is 0 Å². The Bertz CT molecular complexity index is 961. The molecule has 1 heterocycles. The summed E-state index contributed by atoms with van der Waals surface area (Å²) in [5, 5.41) is 3.13. The van der Waals surface area contributed by atoms with Gasteiger partial charge in [-0.05, 0) is 74.3 Å². The zero-order chi connectivity index (χ0) is 22.4. The summed E-state index contributed by atoms with van der Waals surface area (Å²) in [5.41, 5.74) is 3.26. The van der Waals surface area contributed by atoms with Crippen molar-refractivity contribution in [3.8, 4) is 16.9 Å². The number of benzene rings is 2. The second kappa shape index (κ2) is 10.3. The van der Waals surface area contributed by atoms with E-state index in [1.807, 2.05) is 24.3 Å². The lowest BCUT2D eigenvalue weighted by molar-refractivity contribution is -0.141. The number of nitrogens with one attached hydrogen (secondary N) is 1. The SMILES string of the molecule is COc1ccc(F)cc1-c1ccc(CC2(C(=O)NCCC3=CCCCC3)CCCO2)cc1. The van der Waals surface area contributed by atoms with Crippen molar-refractivity contribution in [2.45, 2.75) is 57.0 Å². The average molecular weight is 438 g/mol. The molecule has 32 heavy (non-hydrogen) atoms. The van der Waals surface area contributed by atoms with E-state index in [9.17, 15) is 9.18 Å². The molecule has 1 unspecified atom stereocenters. The highest BCUT2D eigenvalue weighted by Crippen LogP contribution is 2.33. The van der Waals surface area contributed by atoms with Crippen molar-refractivity contribution >= 4 is 5.91 Å². The van der Waals surface area contributed by atoms with Crippen LogP contribution in [0, 0.1) is 5.82 Å². The molecular weight excluding hydrogens is 405 g/mol. The van der Waals surface area contributed by atoms with Crippen LogP contribution in [0.4, 0.5) is 4.39 Å². The number of methoxy groups -OCH3 is 1. The quantitative estimate of drug-likeness (QED) is 0.547. The highest BCUT2D eigenvalue weighted by Gasteiger charge is 2.42. The molecule has 1 aliphatic carbocycles. The lowest BCUT2D eigenvalue weighted by Crippen LogP contribution is -2.48. The maximum absolute atomic E-state index is 13.8. The zero-order valence-electron chi connectivity index (χ0n) is 18.8. The van der Waals surface area contributed by atoms with Gasteiger partial charge in [0.05, 0.1) is 7.11 Å². The summed E-state index contributed by atoms with van der Waals surface area (Å²) < 4.78 is 25.2. The molecule has 1 aliphatic heterocycles. The molecule has 0 saturated carbocycles. The largest absolute Gasteiger partial charge is 0.496 e. The molecule has 4 rings (SSSR count). The van der Waals surface area contributed by atoms with Crippen LogP contribution >= 0.6 is 0 Å². The Hall–Kier alpha value is -2.66. The first-order chi connectivity index (χ1) is 15.6. The summed E-state index contributed by atoms with van der Waals surface area (Å²) in [6.07, 6.45) is 10.2. The molecule has 1 saturated heterocycles. The van der Waals surface area contributed by atoms with Crippen molar-refractivity contribution in [3.63, 3.8) is 0 Å². The van der Waals surface area contributed by atoms with Crippen LogP contribution in [-0.2, 0) is 16.0 Å². The molecule has 2 aromatic carbocycles. The number of hydrogen-bond donors (Lipinski definition) is 1. The Labute approximate surface area is 189 Å². The number of carbonyl (C=O) groups is 1. The molecule has 0 bridgehead atoms. The van der Waals surface area contributed by atoms with Crippen LogP contribution in [0.1, 0.15) is 50.5 Å². The highest BCUT2D eigenvalue weighted by atomic mass is 19.1. The van der Waals surface area contributed by atoms with Crippen LogP contribution in [0.15, 0.2) is 54.1 Å². The van der Waals surface area contributed by atoms with Gasteiger partial charge in [0.15, 0.2) is 5.60 Å². The molecule has 5 heteroatoms. The zero-order valence-corrected chi connectivity index (χ0v) is 18.8. The normalized spacial score (nSPS) is 20.6. The van der Waals surface area contributed by atoms with Gasteiger partial charge >= 0.3 is 0 Å². The van der Waals surface area contributed by atoms with Gasteiger partial charge in [-0.2, -0.15) is 0 Å². The second-order valence-corrected chi connectivity index (χ2v) is 8.78. The number of hydrogen-bond acceptors (Lipinski definition) is 3. The number of carbonyl (C=O) groups excluding carboxylic acids is 1. The second-order valence-electron chi connectivity index (χ2n) is 8.78. The minimum Gasteiger partial charge on any atom is -0.496 e. The van der Waals surface area contributed by atoms with Gasteiger partial charge in [0, 0.05) is 25.1 Å². The van der Waals surface area contributed by atoms with Crippen molar-refractivity contribution in [2.75, 3.05) is 20.3 Å². The van der Waals surface area contributed by atoms with E-state index in [1.165, 1.54) is 30.5 Å². The fourth-order valence-corrected chi connectivity index (χ4v) is 4.76. The average Bonchev–Trinajstić information content (AvgIpc) is 3.30. The standard InChI is InChI=1S/C27H32FNO3/c1-31-25-13-12-23(28)18-24(25)22-10-8-21(9-11-22)19-27(15-5-17-32-27)26(30)29-16-14-20-6-3-2-4-7-20/h6,8-13,18H,2-5,7,14-17,19H2,1H3,(H,29,30). The van der Waals surface area contributed by atoms with Crippen molar-refractivity contribution in [3.05, 3.63) is 65.5 Å². The third kappa shape index (κ3) is 5.21. The molecule has 0 spiro atoms. The van der Waals surface area contributed by atoms with Crippen LogP contribution in [0.2, 0.25) is 0 Å². The van der Waals surface area contributed by atoms with Gasteiger partial charge < -0.3 is 14.8 Å². The summed E-state index contributed by atoms with van der Waals surface area (Å²) in [5.74, 6) is 0.313. The Balaban J connectivity index is 1.43. The van der Waals surface area contributed by atoms with Crippen molar-refractivity contribution in [1.29, 1.82) is 0 Å². The molecule has 1 N–H and O–H groups in total. The van der Waals surface area contributed by atoms with Gasteiger partial charge in [-0.3, -0.25) is 4.79 Å². The van der Waals surface area contributed by atoms with E-state index in [4.69, 9.17) is 9.47 Å². The first-order valence-corrected chi connectivity index (χ1v) is 11.6. The minimum absolute atomic E-state index is 0.0118. The number of halogens is 1. The molecule has 0 radical (unpaired) electrons. The maximum Gasteiger partial charge on any atom is 0.252 e. The first kappa shape index (κ1) is 22.5. The molecule has 2 aromatic rings. The molecule has 1 fully saturated rings. The summed E-state index contributed by atoms with van der Waals surface area (Å²) in [7, 11) is 1.58. The van der Waals surface area contributed by atoms with Crippen molar-refractivity contribution < 1.29 is 18.7 Å². The lowest BCUT2D eigenvalue weighted by Gasteiger charge is -2.27. The van der Waals surface area contributed by atoms with E-state index in [0.29, 0.717) is 30.9 Å². The van der Waals surface area contributed by atoms with Gasteiger partial charge in [-0.1, -0.05) is 35.9 Å². The number of ether oxygens (including phenoxy) is 2. The van der Waals surface area contributed by atoms with Gasteiger partial charge in [0.25, 0.3) is 5.91 Å². The summed E-state index contributed by atoms with van der Waals surface area (Å²) >= 11 is 0. The summed E-state index contributed by atoms with van der Waals surface area (Å²) in [6, 6.07) is 12.4. The first-order valence-electron chi connectivity index (χ1n) is 11.6. The van der Waals surface area contributed by atoms with Gasteiger partial charge in [0.2, 0.25) is 0 Å². The molecule has 1 amide bonds. The van der Waals surface area contributed by atoms with E-state index in [0.717, 1.165) is 43.2 Å². The lowest BCUT2D eigenvalue weighted by atomic mass is 9.89. The van der Waals surface area contributed by atoms with Crippen LogP contribution in [0.5, 0.6) is 5.75 Å². The smallest absolute Gasteiger partial charge is 0.252 e. The molecule has 0 aromatic heterocycles. The molecule has 2 aliphatic rings. The van der Waals surface area contributed by atoms with E-state index < -0.39 is 5.60 Å². The predicted octanol–water partition coefficient (Wildman–Crippen LogP) is 5.60.